The zero-order chi connectivity index (χ0) is 16.6. The number of aryl methyl sites for hydroxylation is 1. The summed E-state index contributed by atoms with van der Waals surface area (Å²) in [6.45, 7) is 2.79. The molecule has 1 aromatic heterocycles. The monoisotopic (exact) mass is 307 g/mol. The van der Waals surface area contributed by atoms with E-state index in [1.807, 2.05) is 0 Å². The van der Waals surface area contributed by atoms with Gasteiger partial charge >= 0.3 is 11.4 Å². The van der Waals surface area contributed by atoms with E-state index in [1.165, 1.54) is 13.8 Å². The minimum absolute atomic E-state index is 0.0794. The van der Waals surface area contributed by atoms with Crippen LogP contribution in [0.15, 0.2) is 18.2 Å². The maximum absolute atomic E-state index is 11.1. The molecule has 0 unspecified atom stereocenters. The second-order valence-electron chi connectivity index (χ2n) is 4.38. The molecule has 1 aromatic carbocycles. The van der Waals surface area contributed by atoms with Crippen molar-refractivity contribution in [3.8, 4) is 5.69 Å². The van der Waals surface area contributed by atoms with Crippen molar-refractivity contribution in [2.24, 2.45) is 0 Å². The molecule has 0 atom stereocenters. The first kappa shape index (κ1) is 15.0. The molecule has 0 radical (unpaired) electrons. The average Bonchev–Trinajstić information content (AvgIpc) is 2.72. The van der Waals surface area contributed by atoms with Gasteiger partial charge in [0.15, 0.2) is 0 Å². The smallest absolute Gasteiger partial charge is 0.258 e. The Kier molecular flexibility index (Phi) is 3.55. The van der Waals surface area contributed by atoms with Crippen molar-refractivity contribution >= 4 is 17.1 Å². The van der Waals surface area contributed by atoms with Crippen molar-refractivity contribution < 1.29 is 14.8 Å². The fourth-order valence-corrected chi connectivity index (χ4v) is 2.08. The lowest BCUT2D eigenvalue weighted by molar-refractivity contribution is -0.394. The summed E-state index contributed by atoms with van der Waals surface area (Å²) in [5.74, 6) is 0. The predicted molar refractivity (Wildman–Crippen MR) is 73.0 cm³/mol. The first-order valence-corrected chi connectivity index (χ1v) is 5.88. The highest BCUT2D eigenvalue weighted by atomic mass is 16.6. The van der Waals surface area contributed by atoms with Crippen molar-refractivity contribution in [1.29, 1.82) is 0 Å². The van der Waals surface area contributed by atoms with E-state index < -0.39 is 26.1 Å². The standard InChI is InChI=1S/C11H9N5O6/c1-6-11(16(21)22)7(2)13(12-6)9-4-3-8(14(17)18)5-10(9)15(19)20/h3-5H,1-2H3. The largest absolute Gasteiger partial charge is 0.313 e. The van der Waals surface area contributed by atoms with Gasteiger partial charge in [-0.25, -0.2) is 4.68 Å². The van der Waals surface area contributed by atoms with Crippen LogP contribution in [0.1, 0.15) is 11.4 Å². The molecule has 0 amide bonds. The van der Waals surface area contributed by atoms with Crippen molar-refractivity contribution in [1.82, 2.24) is 9.78 Å². The van der Waals surface area contributed by atoms with E-state index in [0.29, 0.717) is 0 Å². The van der Waals surface area contributed by atoms with Crippen LogP contribution in [-0.4, -0.2) is 24.6 Å². The maximum atomic E-state index is 11.1. The minimum Gasteiger partial charge on any atom is -0.258 e. The Bertz CT molecular complexity index is 812. The quantitative estimate of drug-likeness (QED) is 0.621. The molecule has 0 N–H and O–H groups in total. The van der Waals surface area contributed by atoms with Gasteiger partial charge in [0.25, 0.3) is 5.69 Å². The Morgan fingerprint density at radius 3 is 2.09 bits per heavy atom. The molecular formula is C11H9N5O6. The average molecular weight is 307 g/mol. The van der Waals surface area contributed by atoms with E-state index >= 15 is 0 Å². The highest BCUT2D eigenvalue weighted by Crippen LogP contribution is 2.31. The fraction of sp³-hybridized carbons (Fsp3) is 0.182. The molecule has 0 aliphatic carbocycles. The molecule has 0 saturated carbocycles. The Morgan fingerprint density at radius 1 is 1.00 bits per heavy atom. The van der Waals surface area contributed by atoms with Crippen LogP contribution < -0.4 is 0 Å². The van der Waals surface area contributed by atoms with E-state index in [9.17, 15) is 30.3 Å². The normalized spacial score (nSPS) is 10.5. The van der Waals surface area contributed by atoms with E-state index in [4.69, 9.17) is 0 Å². The van der Waals surface area contributed by atoms with Gasteiger partial charge in [0.2, 0.25) is 0 Å². The van der Waals surface area contributed by atoms with Gasteiger partial charge in [-0.2, -0.15) is 5.10 Å². The molecule has 0 aliphatic heterocycles. The lowest BCUT2D eigenvalue weighted by Gasteiger charge is -2.04. The lowest BCUT2D eigenvalue weighted by Crippen LogP contribution is -2.04. The van der Waals surface area contributed by atoms with Gasteiger partial charge in [-0.05, 0) is 19.9 Å². The molecule has 0 spiro atoms. The highest BCUT2D eigenvalue weighted by molar-refractivity contribution is 5.59. The Labute approximate surface area is 122 Å². The summed E-state index contributed by atoms with van der Waals surface area (Å²) in [4.78, 5) is 30.6. The van der Waals surface area contributed by atoms with Gasteiger partial charge in [-0.3, -0.25) is 30.3 Å². The van der Waals surface area contributed by atoms with Crippen LogP contribution in [0.2, 0.25) is 0 Å². The highest BCUT2D eigenvalue weighted by Gasteiger charge is 2.27. The molecule has 22 heavy (non-hydrogen) atoms. The molecule has 2 rings (SSSR count). The van der Waals surface area contributed by atoms with Crippen molar-refractivity contribution in [2.45, 2.75) is 13.8 Å². The zero-order valence-electron chi connectivity index (χ0n) is 11.4. The number of hydrogen-bond acceptors (Lipinski definition) is 7. The third-order valence-electron chi connectivity index (χ3n) is 3.03. The Balaban J connectivity index is 2.73. The number of benzene rings is 1. The molecule has 2 aromatic rings. The van der Waals surface area contributed by atoms with Crippen molar-refractivity contribution in [3.05, 3.63) is 59.9 Å². The van der Waals surface area contributed by atoms with Crippen LogP contribution in [0.4, 0.5) is 17.1 Å². The number of nitrogens with zero attached hydrogens (tertiary/aromatic N) is 5. The Morgan fingerprint density at radius 2 is 1.64 bits per heavy atom. The molecule has 11 nitrogen and oxygen atoms in total. The molecule has 1 heterocycles. The topological polar surface area (TPSA) is 147 Å². The van der Waals surface area contributed by atoms with E-state index in [-0.39, 0.29) is 22.8 Å². The van der Waals surface area contributed by atoms with Gasteiger partial charge in [-0.15, -0.1) is 0 Å². The molecule has 0 aliphatic rings. The molecule has 114 valence electrons. The number of nitro benzene ring substituents is 2. The first-order chi connectivity index (χ1) is 10.2. The SMILES string of the molecule is Cc1nn(-c2ccc([N+](=O)[O-])cc2[N+](=O)[O-])c(C)c1[N+](=O)[O-]. The number of nitro groups is 3. The third-order valence-corrected chi connectivity index (χ3v) is 3.03. The molecule has 0 bridgehead atoms. The summed E-state index contributed by atoms with van der Waals surface area (Å²) >= 11 is 0. The van der Waals surface area contributed by atoms with E-state index in [0.717, 1.165) is 22.9 Å². The summed E-state index contributed by atoms with van der Waals surface area (Å²) in [6, 6.07) is 3.00. The maximum Gasteiger partial charge on any atom is 0.313 e. The molecule has 0 fully saturated rings. The van der Waals surface area contributed by atoms with Gasteiger partial charge in [0.1, 0.15) is 17.1 Å². The van der Waals surface area contributed by atoms with E-state index in [2.05, 4.69) is 5.10 Å². The van der Waals surface area contributed by atoms with Crippen LogP contribution in [0.25, 0.3) is 5.69 Å². The molecule has 11 heteroatoms. The number of non-ortho nitro benzene ring substituents is 1. The van der Waals surface area contributed by atoms with Crippen molar-refractivity contribution in [2.75, 3.05) is 0 Å². The fourth-order valence-electron chi connectivity index (χ4n) is 2.08. The summed E-state index contributed by atoms with van der Waals surface area (Å²) in [7, 11) is 0. The molecular weight excluding hydrogens is 298 g/mol. The Hall–Kier alpha value is -3.37. The second kappa shape index (κ2) is 5.20. The minimum atomic E-state index is -0.801. The van der Waals surface area contributed by atoms with Gasteiger partial charge in [-0.1, -0.05) is 0 Å². The second-order valence-corrected chi connectivity index (χ2v) is 4.38. The van der Waals surface area contributed by atoms with E-state index in [1.54, 1.807) is 0 Å². The molecule has 0 saturated heterocycles. The lowest BCUT2D eigenvalue weighted by atomic mass is 10.2. The summed E-state index contributed by atoms with van der Waals surface area (Å²) in [5.41, 5.74) is -1.16. The summed E-state index contributed by atoms with van der Waals surface area (Å²) < 4.78 is 1.04. The van der Waals surface area contributed by atoms with Gasteiger partial charge in [0, 0.05) is 6.07 Å². The first-order valence-electron chi connectivity index (χ1n) is 5.88. The van der Waals surface area contributed by atoms with Gasteiger partial charge in [0.05, 0.1) is 20.8 Å². The van der Waals surface area contributed by atoms with Crippen molar-refractivity contribution in [3.63, 3.8) is 0 Å². The predicted octanol–water partition coefficient (Wildman–Crippen LogP) is 2.21. The van der Waals surface area contributed by atoms with Crippen LogP contribution in [0, 0.1) is 44.2 Å². The van der Waals surface area contributed by atoms with Crippen LogP contribution in [0.3, 0.4) is 0 Å². The zero-order valence-corrected chi connectivity index (χ0v) is 11.4. The summed E-state index contributed by atoms with van der Waals surface area (Å²) in [5, 5.41) is 36.7. The van der Waals surface area contributed by atoms with Crippen LogP contribution in [0.5, 0.6) is 0 Å². The van der Waals surface area contributed by atoms with Crippen LogP contribution >= 0.6 is 0 Å². The van der Waals surface area contributed by atoms with Gasteiger partial charge < -0.3 is 0 Å². The van der Waals surface area contributed by atoms with Crippen LogP contribution in [-0.2, 0) is 0 Å². The number of hydrogen-bond donors (Lipinski definition) is 0. The number of rotatable bonds is 4. The number of aromatic nitrogens is 2. The third kappa shape index (κ3) is 2.34. The summed E-state index contributed by atoms with van der Waals surface area (Å²) in [6.07, 6.45) is 0.